The highest BCUT2D eigenvalue weighted by molar-refractivity contribution is 7.22. The van der Waals surface area contributed by atoms with Crippen molar-refractivity contribution in [2.75, 3.05) is 33.5 Å². The summed E-state index contributed by atoms with van der Waals surface area (Å²) in [4.78, 5) is 55.3. The van der Waals surface area contributed by atoms with Gasteiger partial charge in [-0.3, -0.25) is 9.59 Å². The summed E-state index contributed by atoms with van der Waals surface area (Å²) in [6, 6.07) is 33.8. The van der Waals surface area contributed by atoms with Crippen molar-refractivity contribution in [1.82, 2.24) is 29.9 Å². The number of carbonyl (C=O) groups excluding carboxylic acids is 2. The van der Waals surface area contributed by atoms with Crippen LogP contribution in [0.2, 0.25) is 0 Å². The van der Waals surface area contributed by atoms with Crippen molar-refractivity contribution in [2.24, 2.45) is 0 Å². The van der Waals surface area contributed by atoms with Crippen molar-refractivity contribution in [3.8, 4) is 22.5 Å². The highest BCUT2D eigenvalue weighted by atomic mass is 32.1. The number of amides is 2. The zero-order valence-corrected chi connectivity index (χ0v) is 36.6. The summed E-state index contributed by atoms with van der Waals surface area (Å²) >= 11 is 2.93. The third kappa shape index (κ3) is 8.74. The topological polar surface area (TPSA) is 142 Å². The summed E-state index contributed by atoms with van der Waals surface area (Å²) in [5.41, 5.74) is 10.9. The van der Waals surface area contributed by atoms with E-state index in [1.165, 1.54) is 58.8 Å². The number of hydrogen-bond acceptors (Lipinski definition) is 12. The van der Waals surface area contributed by atoms with Gasteiger partial charge < -0.3 is 20.4 Å². The van der Waals surface area contributed by atoms with Crippen LogP contribution in [0.3, 0.4) is 0 Å². The van der Waals surface area contributed by atoms with Crippen molar-refractivity contribution in [1.29, 1.82) is 0 Å². The van der Waals surface area contributed by atoms with Crippen molar-refractivity contribution in [3.05, 3.63) is 132 Å². The predicted molar refractivity (Wildman–Crippen MR) is 251 cm³/mol. The van der Waals surface area contributed by atoms with E-state index in [0.29, 0.717) is 22.3 Å². The molecule has 10 rings (SSSR count). The van der Waals surface area contributed by atoms with E-state index in [-0.39, 0.29) is 11.8 Å². The second kappa shape index (κ2) is 17.8. The number of nitrogens with zero attached hydrogens (tertiary/aromatic N) is 8. The van der Waals surface area contributed by atoms with Crippen molar-refractivity contribution in [2.45, 2.75) is 65.5 Å². The number of nitrogens with one attached hydrogen (secondary N) is 2. The Balaban J connectivity index is 0.000000158. The molecule has 2 fully saturated rings. The van der Waals surface area contributed by atoms with E-state index in [2.05, 4.69) is 115 Å². The molecular formula is C48H46N10O2S2. The zero-order chi connectivity index (χ0) is 42.7. The van der Waals surface area contributed by atoms with E-state index in [1.54, 1.807) is 0 Å². The molecular weight excluding hydrogens is 813 g/mol. The molecule has 0 aliphatic carbocycles. The molecule has 4 aromatic carbocycles. The van der Waals surface area contributed by atoms with E-state index < -0.39 is 0 Å². The first-order valence-corrected chi connectivity index (χ1v) is 22.5. The van der Waals surface area contributed by atoms with Crippen LogP contribution in [0, 0.1) is 13.8 Å². The van der Waals surface area contributed by atoms with Crippen LogP contribution in [0.4, 0.5) is 22.2 Å². The molecule has 0 unspecified atom stereocenters. The number of carbonyl (C=O) groups is 2. The lowest BCUT2D eigenvalue weighted by molar-refractivity contribution is -0.115. The van der Waals surface area contributed by atoms with Crippen LogP contribution in [0.25, 0.3) is 42.9 Å². The molecule has 0 saturated carbocycles. The highest BCUT2D eigenvalue weighted by Crippen LogP contribution is 2.39. The summed E-state index contributed by atoms with van der Waals surface area (Å²) in [7, 11) is 0. The summed E-state index contributed by atoms with van der Waals surface area (Å²) in [6.45, 7) is 9.23. The van der Waals surface area contributed by atoms with Crippen LogP contribution in [0.5, 0.6) is 0 Å². The Morgan fingerprint density at radius 2 is 1.02 bits per heavy atom. The van der Waals surface area contributed by atoms with Crippen LogP contribution in [-0.2, 0) is 9.59 Å². The van der Waals surface area contributed by atoms with Crippen LogP contribution >= 0.6 is 22.7 Å². The van der Waals surface area contributed by atoms with Gasteiger partial charge in [0.05, 0.1) is 43.9 Å². The molecule has 2 aliphatic rings. The number of benzene rings is 4. The Labute approximate surface area is 368 Å². The van der Waals surface area contributed by atoms with Gasteiger partial charge >= 0.3 is 0 Å². The second-order valence-corrected chi connectivity index (χ2v) is 17.7. The Morgan fingerprint density at radius 3 is 1.44 bits per heavy atom. The molecule has 14 heteroatoms. The van der Waals surface area contributed by atoms with Gasteiger partial charge in [0.25, 0.3) is 0 Å². The van der Waals surface area contributed by atoms with Gasteiger partial charge in [-0.2, -0.15) is 0 Å². The van der Waals surface area contributed by atoms with Crippen LogP contribution in [0.1, 0.15) is 73.9 Å². The first-order chi connectivity index (χ1) is 30.2. The monoisotopic (exact) mass is 858 g/mol. The lowest BCUT2D eigenvalue weighted by atomic mass is 9.99. The fourth-order valence-electron chi connectivity index (χ4n) is 8.45. The second-order valence-electron chi connectivity index (χ2n) is 15.7. The summed E-state index contributed by atoms with van der Waals surface area (Å²) in [5.74, 6) is 1.31. The van der Waals surface area contributed by atoms with Crippen LogP contribution in [-0.4, -0.2) is 54.8 Å². The van der Waals surface area contributed by atoms with Gasteiger partial charge in [-0.05, 0) is 98.2 Å². The smallest absolute Gasteiger partial charge is 0.226 e. The Kier molecular flexibility index (Phi) is 11.7. The minimum atomic E-state index is -0.117. The zero-order valence-electron chi connectivity index (χ0n) is 35.0. The highest BCUT2D eigenvalue weighted by Gasteiger charge is 2.30. The average molecular weight is 859 g/mol. The maximum absolute atomic E-state index is 11.3. The molecule has 2 saturated heterocycles. The number of anilines is 4. The molecule has 0 spiro atoms. The van der Waals surface area contributed by atoms with Crippen LogP contribution in [0.15, 0.2) is 109 Å². The fraction of sp³-hybridized carbons (Fsp3) is 0.250. The average Bonchev–Trinajstić information content (AvgIpc) is 4.10. The number of aryl methyl sites for hydroxylation is 2. The number of aromatic nitrogens is 6. The van der Waals surface area contributed by atoms with Crippen LogP contribution < -0.4 is 20.4 Å². The molecule has 2 amide bonds. The molecule has 8 aromatic rings. The molecule has 2 N–H and O–H groups in total. The lowest BCUT2D eigenvalue weighted by Gasteiger charge is -2.26. The number of fused-ring (bicyclic) bond motifs is 2. The minimum Gasteiger partial charge on any atom is -0.334 e. The summed E-state index contributed by atoms with van der Waals surface area (Å²) < 4.78 is 2.03. The molecule has 12 nitrogen and oxygen atoms in total. The Hall–Kier alpha value is -6.64. The van der Waals surface area contributed by atoms with E-state index in [9.17, 15) is 9.59 Å². The fourth-order valence-corrected chi connectivity index (χ4v) is 10.4. The standard InChI is InChI=1S/2C24H23N5OS/c2*1-15-6-3-4-7-18(15)21-8-5-13-29(21)23-25-12-11-19(27-23)17-9-10-20-22(14-17)31-24(28-20)26-16(2)30/h2*3-4,6-7,9-12,14,21H,5,8,13H2,1-2H3,(H,26,28,30)/t2*21-/m10/s1. The third-order valence-electron chi connectivity index (χ3n) is 11.3. The molecule has 4 aromatic heterocycles. The van der Waals surface area contributed by atoms with E-state index in [4.69, 9.17) is 9.97 Å². The Morgan fingerprint density at radius 1 is 0.581 bits per heavy atom. The van der Waals surface area contributed by atoms with Gasteiger partial charge in [-0.25, -0.2) is 29.9 Å². The number of rotatable bonds is 8. The summed E-state index contributed by atoms with van der Waals surface area (Å²) in [5, 5.41) is 6.75. The first-order valence-electron chi connectivity index (χ1n) is 20.8. The molecule has 0 bridgehead atoms. The molecule has 2 atom stereocenters. The van der Waals surface area contributed by atoms with E-state index in [0.717, 1.165) is 93.6 Å². The van der Waals surface area contributed by atoms with E-state index >= 15 is 0 Å². The molecule has 62 heavy (non-hydrogen) atoms. The molecule has 6 heterocycles. The molecule has 2 aliphatic heterocycles. The third-order valence-corrected chi connectivity index (χ3v) is 13.2. The quantitative estimate of drug-likeness (QED) is 0.152. The molecule has 312 valence electrons. The van der Waals surface area contributed by atoms with Crippen molar-refractivity contribution < 1.29 is 9.59 Å². The van der Waals surface area contributed by atoms with Gasteiger partial charge in [-0.15, -0.1) is 0 Å². The number of thiazole rings is 2. The summed E-state index contributed by atoms with van der Waals surface area (Å²) in [6.07, 6.45) is 8.15. The maximum Gasteiger partial charge on any atom is 0.226 e. The first kappa shape index (κ1) is 40.7. The van der Waals surface area contributed by atoms with Gasteiger partial charge in [0, 0.05) is 50.5 Å². The van der Waals surface area contributed by atoms with Gasteiger partial charge in [0.1, 0.15) is 0 Å². The van der Waals surface area contributed by atoms with Gasteiger partial charge in [-0.1, -0.05) is 83.3 Å². The van der Waals surface area contributed by atoms with Crippen molar-refractivity contribution >= 4 is 77.1 Å². The van der Waals surface area contributed by atoms with Crippen molar-refractivity contribution in [3.63, 3.8) is 0 Å². The normalized spacial score (nSPS) is 16.1. The largest absolute Gasteiger partial charge is 0.334 e. The Bertz CT molecular complexity index is 2730. The lowest BCUT2D eigenvalue weighted by Crippen LogP contribution is -2.25. The minimum absolute atomic E-state index is 0.117. The van der Waals surface area contributed by atoms with Gasteiger partial charge in [0.2, 0.25) is 23.7 Å². The van der Waals surface area contributed by atoms with E-state index in [1.807, 2.05) is 48.8 Å². The maximum atomic E-state index is 11.3. The predicted octanol–water partition coefficient (Wildman–Crippen LogP) is 10.7. The number of hydrogen-bond donors (Lipinski definition) is 2. The molecule has 0 radical (unpaired) electrons. The SMILES string of the molecule is CC(=O)Nc1nc2ccc(-c3ccnc(N4CCC[C@@H]4c4ccccc4C)n3)cc2s1.CC(=O)Nc1nc2ccc(-c3ccnc(N4CCC[C@H]4c4ccccc4C)n3)cc2s1. The van der Waals surface area contributed by atoms with Gasteiger partial charge in [0.15, 0.2) is 10.3 Å².